The summed E-state index contributed by atoms with van der Waals surface area (Å²) in [5, 5.41) is 18.0. The summed E-state index contributed by atoms with van der Waals surface area (Å²) in [5.41, 5.74) is 1.16. The fourth-order valence-electron chi connectivity index (χ4n) is 1.49. The first-order chi connectivity index (χ1) is 7.75. The molecule has 3 rings (SSSR count). The van der Waals surface area contributed by atoms with E-state index in [-0.39, 0.29) is 0 Å². The average Bonchev–Trinajstić information content (AvgIpc) is 2.92. The van der Waals surface area contributed by atoms with Crippen molar-refractivity contribution in [2.45, 2.75) is 19.8 Å². The molecule has 3 heterocycles. The van der Waals surface area contributed by atoms with Crippen molar-refractivity contribution in [3.8, 4) is 10.6 Å². The third-order valence-electron chi connectivity index (χ3n) is 2.30. The van der Waals surface area contributed by atoms with E-state index >= 15 is 0 Å². The molecule has 0 radical (unpaired) electrons. The lowest BCUT2D eigenvalue weighted by Crippen LogP contribution is -1.97. The Balaban J connectivity index is 2.17. The lowest BCUT2D eigenvalue weighted by molar-refractivity contribution is 0.727. The van der Waals surface area contributed by atoms with E-state index in [4.69, 9.17) is 0 Å². The first kappa shape index (κ1) is 9.92. The van der Waals surface area contributed by atoms with Crippen LogP contribution in [0.25, 0.3) is 15.5 Å². The Morgan fingerprint density at radius 2 is 2.19 bits per heavy atom. The normalized spacial score (nSPS) is 11.7. The van der Waals surface area contributed by atoms with Crippen LogP contribution in [0.1, 0.15) is 25.6 Å². The summed E-state index contributed by atoms with van der Waals surface area (Å²) < 4.78 is 1.85. The molecule has 4 nitrogen and oxygen atoms in total. The monoisotopic (exact) mass is 250 g/mol. The average molecular weight is 250 g/mol. The van der Waals surface area contributed by atoms with Gasteiger partial charge in [0.05, 0.1) is 0 Å². The van der Waals surface area contributed by atoms with E-state index < -0.39 is 0 Å². The van der Waals surface area contributed by atoms with Crippen LogP contribution >= 0.6 is 22.7 Å². The molecule has 82 valence electrons. The van der Waals surface area contributed by atoms with E-state index in [1.165, 1.54) is 0 Å². The number of thiophene rings is 1. The van der Waals surface area contributed by atoms with Gasteiger partial charge in [-0.25, -0.2) is 0 Å². The molecular weight excluding hydrogens is 240 g/mol. The smallest absolute Gasteiger partial charge is 0.187 e. The molecule has 0 atom stereocenters. The largest absolute Gasteiger partial charge is 0.234 e. The van der Waals surface area contributed by atoms with Gasteiger partial charge in [-0.05, 0) is 11.4 Å². The molecule has 0 saturated heterocycles. The Kier molecular flexibility index (Phi) is 2.26. The summed E-state index contributed by atoms with van der Waals surface area (Å²) in [6.07, 6.45) is 0. The molecule has 0 aliphatic rings. The van der Waals surface area contributed by atoms with Crippen molar-refractivity contribution in [1.82, 2.24) is 19.8 Å². The standard InChI is InChI=1S/C10H10N4S2/c1-6(2)8-11-12-10-14(8)13-9(16-10)7-3-4-15-5-7/h3-6H,1-2H3. The SMILES string of the molecule is CC(C)c1nnc2sc(-c3ccsc3)nn12. The second-order valence-corrected chi connectivity index (χ2v) is 5.56. The minimum Gasteiger partial charge on any atom is -0.187 e. The van der Waals surface area contributed by atoms with Gasteiger partial charge in [0.15, 0.2) is 5.82 Å². The van der Waals surface area contributed by atoms with Crippen molar-refractivity contribution in [3.05, 3.63) is 22.7 Å². The molecule has 0 unspecified atom stereocenters. The molecule has 3 aromatic heterocycles. The van der Waals surface area contributed by atoms with Gasteiger partial charge < -0.3 is 0 Å². The number of hydrogen-bond acceptors (Lipinski definition) is 5. The van der Waals surface area contributed by atoms with Gasteiger partial charge in [0.1, 0.15) is 5.01 Å². The summed E-state index contributed by atoms with van der Waals surface area (Å²) in [5.74, 6) is 1.26. The predicted molar refractivity (Wildman–Crippen MR) is 66.1 cm³/mol. The summed E-state index contributed by atoms with van der Waals surface area (Å²) >= 11 is 3.26. The topological polar surface area (TPSA) is 43.1 Å². The first-order valence-corrected chi connectivity index (χ1v) is 6.76. The van der Waals surface area contributed by atoms with Crippen LogP contribution in [-0.2, 0) is 0 Å². The van der Waals surface area contributed by atoms with Crippen molar-refractivity contribution in [2.24, 2.45) is 0 Å². The van der Waals surface area contributed by atoms with Gasteiger partial charge in [0.25, 0.3) is 0 Å². The minimum atomic E-state index is 0.340. The third-order valence-corrected chi connectivity index (χ3v) is 3.93. The Morgan fingerprint density at radius 3 is 2.88 bits per heavy atom. The van der Waals surface area contributed by atoms with Crippen LogP contribution in [0, 0.1) is 0 Å². The molecule has 0 aromatic carbocycles. The van der Waals surface area contributed by atoms with E-state index in [0.29, 0.717) is 5.92 Å². The van der Waals surface area contributed by atoms with Crippen LogP contribution in [0.15, 0.2) is 16.8 Å². The highest BCUT2D eigenvalue weighted by Gasteiger charge is 2.14. The summed E-state index contributed by atoms with van der Waals surface area (Å²) in [6, 6.07) is 2.07. The van der Waals surface area contributed by atoms with Crippen molar-refractivity contribution < 1.29 is 0 Å². The molecule has 0 bridgehead atoms. The van der Waals surface area contributed by atoms with Gasteiger partial charge >= 0.3 is 0 Å². The second-order valence-electron chi connectivity index (χ2n) is 3.83. The van der Waals surface area contributed by atoms with Gasteiger partial charge in [0, 0.05) is 16.9 Å². The first-order valence-electron chi connectivity index (χ1n) is 5.00. The molecule has 0 aliphatic heterocycles. The number of aromatic nitrogens is 4. The second kappa shape index (κ2) is 3.64. The summed E-state index contributed by atoms with van der Waals surface area (Å²) in [6.45, 7) is 4.19. The predicted octanol–water partition coefficient (Wildman–Crippen LogP) is 3.04. The maximum Gasteiger partial charge on any atom is 0.234 e. The van der Waals surface area contributed by atoms with Crippen LogP contribution in [-0.4, -0.2) is 19.8 Å². The van der Waals surface area contributed by atoms with E-state index in [9.17, 15) is 0 Å². The molecule has 0 aliphatic carbocycles. The number of nitrogens with zero attached hydrogens (tertiary/aromatic N) is 4. The lowest BCUT2D eigenvalue weighted by atomic mass is 10.2. The molecule has 0 amide bonds. The fourth-order valence-corrected chi connectivity index (χ4v) is 3.05. The maximum atomic E-state index is 4.55. The summed E-state index contributed by atoms with van der Waals surface area (Å²) in [7, 11) is 0. The molecule has 0 N–H and O–H groups in total. The highest BCUT2D eigenvalue weighted by atomic mass is 32.1. The highest BCUT2D eigenvalue weighted by Crippen LogP contribution is 2.28. The fraction of sp³-hybridized carbons (Fsp3) is 0.300. The van der Waals surface area contributed by atoms with Gasteiger partial charge in [-0.2, -0.15) is 21.0 Å². The van der Waals surface area contributed by atoms with Gasteiger partial charge in [0.2, 0.25) is 4.96 Å². The van der Waals surface area contributed by atoms with E-state index in [0.717, 1.165) is 21.4 Å². The highest BCUT2D eigenvalue weighted by molar-refractivity contribution is 7.20. The Labute approximate surface area is 101 Å². The number of hydrogen-bond donors (Lipinski definition) is 0. The van der Waals surface area contributed by atoms with E-state index in [1.54, 1.807) is 22.7 Å². The lowest BCUT2D eigenvalue weighted by Gasteiger charge is -1.97. The Bertz CT molecular complexity index is 606. The zero-order valence-corrected chi connectivity index (χ0v) is 10.5. The zero-order chi connectivity index (χ0) is 11.1. The third kappa shape index (κ3) is 1.45. The number of rotatable bonds is 2. The molecular formula is C10H10N4S2. The minimum absolute atomic E-state index is 0.340. The number of fused-ring (bicyclic) bond motifs is 1. The van der Waals surface area contributed by atoms with Crippen LogP contribution in [0.4, 0.5) is 0 Å². The van der Waals surface area contributed by atoms with Crippen molar-refractivity contribution >= 4 is 27.6 Å². The summed E-state index contributed by atoms with van der Waals surface area (Å²) in [4.78, 5) is 0.866. The maximum absolute atomic E-state index is 4.55. The molecule has 0 spiro atoms. The van der Waals surface area contributed by atoms with Crippen LogP contribution < -0.4 is 0 Å². The van der Waals surface area contributed by atoms with Crippen LogP contribution in [0.3, 0.4) is 0 Å². The molecule has 6 heteroatoms. The van der Waals surface area contributed by atoms with E-state index in [1.807, 2.05) is 4.52 Å². The molecule has 3 aromatic rings. The van der Waals surface area contributed by atoms with E-state index in [2.05, 4.69) is 46.0 Å². The van der Waals surface area contributed by atoms with Crippen LogP contribution in [0.2, 0.25) is 0 Å². The van der Waals surface area contributed by atoms with Gasteiger partial charge in [-0.3, -0.25) is 0 Å². The van der Waals surface area contributed by atoms with Crippen LogP contribution in [0.5, 0.6) is 0 Å². The zero-order valence-electron chi connectivity index (χ0n) is 8.91. The van der Waals surface area contributed by atoms with Crippen molar-refractivity contribution in [2.75, 3.05) is 0 Å². The van der Waals surface area contributed by atoms with Crippen molar-refractivity contribution in [1.29, 1.82) is 0 Å². The molecule has 0 fully saturated rings. The van der Waals surface area contributed by atoms with Gasteiger partial charge in [-0.1, -0.05) is 25.2 Å². The Hall–Kier alpha value is -1.27. The van der Waals surface area contributed by atoms with Crippen molar-refractivity contribution in [3.63, 3.8) is 0 Å². The Morgan fingerprint density at radius 1 is 1.31 bits per heavy atom. The molecule has 0 saturated carbocycles. The molecule has 16 heavy (non-hydrogen) atoms. The van der Waals surface area contributed by atoms with Gasteiger partial charge in [-0.15, -0.1) is 10.2 Å². The quantitative estimate of drug-likeness (QED) is 0.702.